The Hall–Kier alpha value is -1.63. The number of fused-ring (bicyclic) bond motifs is 5. The average molecular weight is 614 g/mol. The molecule has 0 N–H and O–H groups in total. The summed E-state index contributed by atoms with van der Waals surface area (Å²) in [5, 5.41) is 0. The second-order valence-corrected chi connectivity index (χ2v) is 12.0. The maximum atomic E-state index is 13.1. The van der Waals surface area contributed by atoms with Gasteiger partial charge in [-0.2, -0.15) is 39.5 Å². The summed E-state index contributed by atoms with van der Waals surface area (Å²) in [6, 6.07) is 6.28. The van der Waals surface area contributed by atoms with Crippen LogP contribution < -0.4 is 4.74 Å². The Bertz CT molecular complexity index is 1020. The summed E-state index contributed by atoms with van der Waals surface area (Å²) in [6.07, 6.45) is -13.4. The van der Waals surface area contributed by atoms with Gasteiger partial charge in [0.2, 0.25) is 0 Å². The Labute approximate surface area is 241 Å². The van der Waals surface area contributed by atoms with Crippen molar-refractivity contribution in [1.82, 2.24) is 0 Å². The second-order valence-electron chi connectivity index (χ2n) is 12.0. The van der Waals surface area contributed by atoms with Crippen molar-refractivity contribution in [1.29, 1.82) is 0 Å². The minimum atomic E-state index is -6.73. The summed E-state index contributed by atoms with van der Waals surface area (Å²) in [7, 11) is 5.53. The molecule has 0 aliphatic heterocycles. The lowest BCUT2D eigenvalue weighted by molar-refractivity contribution is -0.457. The van der Waals surface area contributed by atoms with Crippen LogP contribution in [-0.4, -0.2) is 57.9 Å². The molecular weight excluding hydrogens is 578 g/mol. The summed E-state index contributed by atoms with van der Waals surface area (Å²) in [5.74, 6) is 1.97. The highest BCUT2D eigenvalue weighted by molar-refractivity contribution is 6.08. The molecule has 0 saturated heterocycles. The van der Waals surface area contributed by atoms with Crippen LogP contribution in [0.4, 0.5) is 39.5 Å². The highest BCUT2D eigenvalue weighted by Crippen LogP contribution is 2.62. The lowest BCUT2D eigenvalue weighted by Gasteiger charge is -2.50. The van der Waals surface area contributed by atoms with Crippen LogP contribution in [0.3, 0.4) is 0 Å². The van der Waals surface area contributed by atoms with Crippen LogP contribution in [-0.2, 0) is 15.9 Å². The van der Waals surface area contributed by atoms with E-state index < -0.39 is 37.2 Å². The Morgan fingerprint density at radius 1 is 0.833 bits per heavy atom. The summed E-state index contributed by atoms with van der Waals surface area (Å²) in [6.45, 7) is 1.01. The van der Waals surface area contributed by atoms with Crippen LogP contribution in [0, 0.1) is 17.3 Å². The van der Waals surface area contributed by atoms with Crippen LogP contribution in [0.5, 0.6) is 5.75 Å². The molecular formula is C29H36BF9O3. The van der Waals surface area contributed by atoms with Crippen molar-refractivity contribution in [3.05, 3.63) is 29.3 Å². The first-order chi connectivity index (χ1) is 19.6. The topological polar surface area (TPSA) is 27.7 Å². The first-order valence-electron chi connectivity index (χ1n) is 14.5. The van der Waals surface area contributed by atoms with Crippen LogP contribution in [0.2, 0.25) is 6.32 Å². The van der Waals surface area contributed by atoms with Crippen molar-refractivity contribution in [3.8, 4) is 5.75 Å². The summed E-state index contributed by atoms with van der Waals surface area (Å²) >= 11 is 0. The van der Waals surface area contributed by atoms with Crippen LogP contribution in [0.15, 0.2) is 18.2 Å². The van der Waals surface area contributed by atoms with Gasteiger partial charge >= 0.3 is 24.1 Å². The normalized spacial score (nSPS) is 28.2. The van der Waals surface area contributed by atoms with Gasteiger partial charge in [0, 0.05) is 6.61 Å². The summed E-state index contributed by atoms with van der Waals surface area (Å²) < 4.78 is 133. The highest BCUT2D eigenvalue weighted by atomic mass is 19.4. The van der Waals surface area contributed by atoms with E-state index in [1.807, 2.05) is 6.07 Å². The van der Waals surface area contributed by atoms with E-state index in [1.54, 1.807) is 0 Å². The maximum Gasteiger partial charge on any atom is 0.435 e. The molecule has 0 bridgehead atoms. The molecule has 0 heterocycles. The van der Waals surface area contributed by atoms with Crippen molar-refractivity contribution in [2.24, 2.45) is 17.3 Å². The molecule has 3 nitrogen and oxygen atoms in total. The molecule has 0 aromatic heterocycles. The number of rotatable bonds is 11. The van der Waals surface area contributed by atoms with E-state index in [2.05, 4.69) is 23.8 Å². The van der Waals surface area contributed by atoms with E-state index in [0.717, 1.165) is 50.7 Å². The number of hydrogen-bond donors (Lipinski definition) is 0. The van der Waals surface area contributed by atoms with Gasteiger partial charge in [-0.15, -0.1) is 0 Å². The third-order valence-electron chi connectivity index (χ3n) is 9.60. The number of unbranched alkanes of at least 4 members (excludes halogenated alkanes) is 1. The van der Waals surface area contributed by atoms with Gasteiger partial charge in [-0.3, -0.25) is 0 Å². The Kier molecular flexibility index (Phi) is 9.83. The molecule has 236 valence electrons. The van der Waals surface area contributed by atoms with Crippen LogP contribution in [0.1, 0.15) is 75.3 Å². The van der Waals surface area contributed by atoms with Gasteiger partial charge in [0.25, 0.3) is 0 Å². The zero-order chi connectivity index (χ0) is 31.0. The van der Waals surface area contributed by atoms with Gasteiger partial charge in [0.15, 0.2) is 0 Å². The fourth-order valence-electron chi connectivity index (χ4n) is 7.55. The van der Waals surface area contributed by atoms with Crippen LogP contribution in [0.25, 0.3) is 0 Å². The predicted molar refractivity (Wildman–Crippen MR) is 138 cm³/mol. The molecule has 4 rings (SSSR count). The fourth-order valence-corrected chi connectivity index (χ4v) is 7.55. The second kappa shape index (κ2) is 12.4. The smallest absolute Gasteiger partial charge is 0.435 e. The van der Waals surface area contributed by atoms with Crippen molar-refractivity contribution < 1.29 is 53.7 Å². The van der Waals surface area contributed by atoms with E-state index in [-0.39, 0.29) is 18.1 Å². The van der Waals surface area contributed by atoms with Gasteiger partial charge in [0.1, 0.15) is 5.75 Å². The zero-order valence-electron chi connectivity index (χ0n) is 23.4. The van der Waals surface area contributed by atoms with Crippen molar-refractivity contribution >= 4 is 7.85 Å². The van der Waals surface area contributed by atoms with E-state index in [9.17, 15) is 39.5 Å². The monoisotopic (exact) mass is 614 g/mol. The minimum absolute atomic E-state index is 0.237. The number of ether oxygens (including phenoxy) is 3. The quantitative estimate of drug-likeness (QED) is 0.142. The SMILES string of the molecule is [B]CCCCOc1ccc2c(c1)CCC1C2CCC2(C)C(OCCCOC(C(F)(F)F)(C(F)(F)F)C(F)(F)F)CCC12. The van der Waals surface area contributed by atoms with Gasteiger partial charge in [-0.1, -0.05) is 25.7 Å². The molecule has 2 radical (unpaired) electrons. The molecule has 13 heteroatoms. The number of alkyl halides is 9. The molecule has 0 spiro atoms. The largest absolute Gasteiger partial charge is 0.494 e. The third-order valence-corrected chi connectivity index (χ3v) is 9.60. The first kappa shape index (κ1) is 33.3. The number of hydrogen-bond acceptors (Lipinski definition) is 3. The summed E-state index contributed by atoms with van der Waals surface area (Å²) in [5.41, 5.74) is -3.87. The van der Waals surface area contributed by atoms with Gasteiger partial charge in [0.05, 0.1) is 27.2 Å². The molecule has 5 unspecified atom stereocenters. The van der Waals surface area contributed by atoms with E-state index in [0.29, 0.717) is 37.1 Å². The molecule has 1 aromatic carbocycles. The van der Waals surface area contributed by atoms with Crippen molar-refractivity contribution in [3.63, 3.8) is 0 Å². The molecule has 2 saturated carbocycles. The van der Waals surface area contributed by atoms with Gasteiger partial charge in [-0.25, -0.2) is 0 Å². The van der Waals surface area contributed by atoms with Crippen LogP contribution >= 0.6 is 0 Å². The third kappa shape index (κ3) is 6.15. The molecule has 3 aliphatic carbocycles. The van der Waals surface area contributed by atoms with E-state index in [1.165, 1.54) is 11.1 Å². The van der Waals surface area contributed by atoms with Crippen molar-refractivity contribution in [2.75, 3.05) is 19.8 Å². The molecule has 42 heavy (non-hydrogen) atoms. The lowest BCUT2D eigenvalue weighted by atomic mass is 9.55. The van der Waals surface area contributed by atoms with Gasteiger partial charge < -0.3 is 14.2 Å². The number of benzene rings is 1. The van der Waals surface area contributed by atoms with E-state index in [4.69, 9.17) is 17.3 Å². The minimum Gasteiger partial charge on any atom is -0.494 e. The standard InChI is InChI=1S/C29H36BF9O3/c1-25-12-11-21-20-8-6-19(40-14-3-2-13-30)17-18(20)5-7-22(21)23(25)9-10-24(25)41-15-4-16-42-26(27(31,32)33,28(34,35)36)29(37,38)39/h6,8,17,21-24H,2-5,7,9-16H2,1H3. The Balaban J connectivity index is 1.34. The fraction of sp³-hybridized carbons (Fsp3) is 0.793. The zero-order valence-corrected chi connectivity index (χ0v) is 23.4. The summed E-state index contributed by atoms with van der Waals surface area (Å²) in [4.78, 5) is 0. The molecule has 0 amide bonds. The van der Waals surface area contributed by atoms with E-state index >= 15 is 0 Å². The maximum absolute atomic E-state index is 13.1. The number of aryl methyl sites for hydroxylation is 1. The molecule has 2 fully saturated rings. The average Bonchev–Trinajstić information content (AvgIpc) is 3.22. The first-order valence-corrected chi connectivity index (χ1v) is 14.5. The molecule has 3 aliphatic rings. The molecule has 1 aromatic rings. The molecule has 5 atom stereocenters. The van der Waals surface area contributed by atoms with Crippen molar-refractivity contribution in [2.45, 2.75) is 107 Å². The Morgan fingerprint density at radius 2 is 1.52 bits per heavy atom. The number of halogens is 9. The predicted octanol–water partition coefficient (Wildman–Crippen LogP) is 8.51. The Morgan fingerprint density at radius 3 is 2.17 bits per heavy atom. The van der Waals surface area contributed by atoms with Gasteiger partial charge in [-0.05, 0) is 97.8 Å². The highest BCUT2D eigenvalue weighted by Gasteiger charge is 2.85. The lowest BCUT2D eigenvalue weighted by Crippen LogP contribution is -2.67.